The van der Waals surface area contributed by atoms with Crippen LogP contribution in [0.3, 0.4) is 0 Å². The van der Waals surface area contributed by atoms with E-state index in [4.69, 9.17) is 15.2 Å². The molecule has 5 rings (SSSR count). The number of amides is 1. The van der Waals surface area contributed by atoms with Crippen molar-refractivity contribution in [2.75, 3.05) is 42.6 Å². The number of ether oxygens (including phenoxy) is 2. The molecule has 9 nitrogen and oxygen atoms in total. The Morgan fingerprint density at radius 1 is 1.26 bits per heavy atom. The summed E-state index contributed by atoms with van der Waals surface area (Å²) in [6.45, 7) is 3.69. The molecular formula is C23H24F2N6O3. The number of pyridine rings is 2. The number of nitrogens with one attached hydrogen (secondary N) is 3. The Hall–Kier alpha value is -3.73. The molecule has 2 aromatic heterocycles. The zero-order chi connectivity index (χ0) is 23.8. The molecule has 2 aliphatic rings. The van der Waals surface area contributed by atoms with Crippen molar-refractivity contribution in [1.29, 1.82) is 0 Å². The summed E-state index contributed by atoms with van der Waals surface area (Å²) in [5.41, 5.74) is 8.35. The van der Waals surface area contributed by atoms with Gasteiger partial charge in [-0.3, -0.25) is 5.32 Å². The fraction of sp³-hybridized carbons (Fsp3) is 0.348. The average Bonchev–Trinajstić information content (AvgIpc) is 2.83. The third-order valence-electron chi connectivity index (χ3n) is 6.07. The van der Waals surface area contributed by atoms with Gasteiger partial charge in [0.2, 0.25) is 5.88 Å². The lowest BCUT2D eigenvalue weighted by atomic mass is 9.97. The number of nitrogen functional groups attached to an aromatic ring is 1. The van der Waals surface area contributed by atoms with Gasteiger partial charge in [-0.2, -0.15) is 0 Å². The lowest BCUT2D eigenvalue weighted by Crippen LogP contribution is -2.44. The number of nitrogens with two attached hydrogens (primary N) is 1. The van der Waals surface area contributed by atoms with Crippen LogP contribution >= 0.6 is 0 Å². The quantitative estimate of drug-likeness (QED) is 0.430. The predicted molar refractivity (Wildman–Crippen MR) is 124 cm³/mol. The maximum absolute atomic E-state index is 15.3. The Balaban J connectivity index is 1.46. The fourth-order valence-corrected chi connectivity index (χ4v) is 4.26. The zero-order valence-corrected chi connectivity index (χ0v) is 18.5. The molecule has 4 heterocycles. The molecule has 11 heteroatoms. The molecule has 1 amide bonds. The summed E-state index contributed by atoms with van der Waals surface area (Å²) in [5, 5.41) is 9.61. The van der Waals surface area contributed by atoms with Gasteiger partial charge in [0.05, 0.1) is 5.69 Å². The van der Waals surface area contributed by atoms with E-state index in [0.29, 0.717) is 54.0 Å². The van der Waals surface area contributed by atoms with Gasteiger partial charge in [-0.1, -0.05) is 0 Å². The number of anilines is 3. The van der Waals surface area contributed by atoms with Crippen molar-refractivity contribution in [3.8, 4) is 17.0 Å². The molecule has 1 unspecified atom stereocenters. The van der Waals surface area contributed by atoms with Crippen molar-refractivity contribution in [1.82, 2.24) is 15.3 Å². The smallest absolute Gasteiger partial charge is 0.413 e. The number of hydrogen-bond donors (Lipinski definition) is 4. The van der Waals surface area contributed by atoms with Crippen LogP contribution in [-0.4, -0.2) is 54.6 Å². The highest BCUT2D eigenvalue weighted by Crippen LogP contribution is 2.39. The first-order valence-corrected chi connectivity index (χ1v) is 11.0. The number of piperidine rings is 1. The van der Waals surface area contributed by atoms with Crippen LogP contribution in [0.2, 0.25) is 0 Å². The van der Waals surface area contributed by atoms with Crippen LogP contribution in [0, 0.1) is 12.7 Å². The first kappa shape index (κ1) is 22.1. The van der Waals surface area contributed by atoms with Crippen LogP contribution in [0.15, 0.2) is 24.5 Å². The van der Waals surface area contributed by atoms with Crippen LogP contribution in [-0.2, 0) is 4.74 Å². The molecule has 0 spiro atoms. The molecule has 0 bridgehead atoms. The summed E-state index contributed by atoms with van der Waals surface area (Å²) >= 11 is 0. The van der Waals surface area contributed by atoms with Gasteiger partial charge in [-0.05, 0) is 43.0 Å². The first-order chi connectivity index (χ1) is 16.4. The van der Waals surface area contributed by atoms with Crippen molar-refractivity contribution >= 4 is 34.1 Å². The summed E-state index contributed by atoms with van der Waals surface area (Å²) in [6.07, 6.45) is 0.403. The van der Waals surface area contributed by atoms with Crippen molar-refractivity contribution in [3.05, 3.63) is 35.9 Å². The van der Waals surface area contributed by atoms with Crippen molar-refractivity contribution in [2.24, 2.45) is 0 Å². The first-order valence-electron chi connectivity index (χ1n) is 11.0. The summed E-state index contributed by atoms with van der Waals surface area (Å²) in [5.74, 6) is 0.0604. The van der Waals surface area contributed by atoms with E-state index in [2.05, 4.69) is 25.9 Å². The number of rotatable bonds is 3. The van der Waals surface area contributed by atoms with Gasteiger partial charge in [0.25, 0.3) is 0 Å². The normalized spacial score (nSPS) is 19.6. The molecule has 2 aliphatic heterocycles. The maximum atomic E-state index is 15.3. The Morgan fingerprint density at radius 3 is 2.94 bits per heavy atom. The van der Waals surface area contributed by atoms with E-state index in [-0.39, 0.29) is 23.6 Å². The van der Waals surface area contributed by atoms with Crippen LogP contribution in [0.4, 0.5) is 30.8 Å². The van der Waals surface area contributed by atoms with Crippen molar-refractivity contribution in [2.45, 2.75) is 25.6 Å². The molecule has 34 heavy (non-hydrogen) atoms. The van der Waals surface area contributed by atoms with E-state index < -0.39 is 24.2 Å². The number of fused-ring (bicyclic) bond motifs is 2. The van der Waals surface area contributed by atoms with E-state index in [1.54, 1.807) is 18.3 Å². The number of benzene rings is 1. The second-order valence-electron chi connectivity index (χ2n) is 8.27. The number of halogens is 2. The summed E-state index contributed by atoms with van der Waals surface area (Å²) in [7, 11) is 0. The Kier molecular flexibility index (Phi) is 5.78. The number of nitrogens with zero attached hydrogens (tertiary/aromatic N) is 2. The Labute approximate surface area is 194 Å². The molecule has 3 aromatic rings. The second kappa shape index (κ2) is 8.90. The van der Waals surface area contributed by atoms with E-state index in [1.807, 2.05) is 6.92 Å². The molecule has 5 N–H and O–H groups in total. The minimum atomic E-state index is -1.28. The van der Waals surface area contributed by atoms with Gasteiger partial charge in [-0.15, -0.1) is 0 Å². The van der Waals surface area contributed by atoms with Gasteiger partial charge in [0, 0.05) is 42.0 Å². The second-order valence-corrected chi connectivity index (χ2v) is 8.27. The minimum absolute atomic E-state index is 0.0644. The molecule has 0 aliphatic carbocycles. The lowest BCUT2D eigenvalue weighted by molar-refractivity contribution is 0.0342. The molecule has 178 valence electrons. The summed E-state index contributed by atoms with van der Waals surface area (Å²) in [6, 6.07) is 3.19. The number of aromatic nitrogens is 2. The largest absolute Gasteiger partial charge is 0.474 e. The van der Waals surface area contributed by atoms with Crippen molar-refractivity contribution in [3.63, 3.8) is 0 Å². The van der Waals surface area contributed by atoms with Crippen molar-refractivity contribution < 1.29 is 23.0 Å². The topological polar surface area (TPSA) is 123 Å². The van der Waals surface area contributed by atoms with Crippen LogP contribution in [0.1, 0.15) is 12.0 Å². The summed E-state index contributed by atoms with van der Waals surface area (Å²) < 4.78 is 40.0. The SMILES string of the molecule is Cc1c(-c2cc3cc(NC(=O)OC4CCNC[C@H]4F)ncc3c(N)c2F)cnc2c1NCCO2. The molecule has 0 saturated carbocycles. The fourth-order valence-electron chi connectivity index (χ4n) is 4.26. The third kappa shape index (κ3) is 4.03. The molecule has 1 saturated heterocycles. The third-order valence-corrected chi connectivity index (χ3v) is 6.07. The highest BCUT2D eigenvalue weighted by molar-refractivity contribution is 5.99. The molecule has 2 atom stereocenters. The van der Waals surface area contributed by atoms with E-state index >= 15 is 4.39 Å². The van der Waals surface area contributed by atoms with Gasteiger partial charge < -0.3 is 25.8 Å². The van der Waals surface area contributed by atoms with Crippen LogP contribution in [0.5, 0.6) is 5.88 Å². The van der Waals surface area contributed by atoms with E-state index in [9.17, 15) is 9.18 Å². The number of carbonyl (C=O) groups is 1. The molecule has 0 radical (unpaired) electrons. The van der Waals surface area contributed by atoms with Crippen LogP contribution < -0.4 is 26.4 Å². The monoisotopic (exact) mass is 470 g/mol. The highest BCUT2D eigenvalue weighted by atomic mass is 19.1. The standard InChI is InChI=1S/C23H24F2N6O3/c1-11-14(8-30-22-21(11)28-4-5-33-22)13-6-12-7-18(29-9-15(12)20(26)19(13)25)31-23(32)34-17-2-3-27-10-16(17)24/h6-9,16-17,27-28H,2-5,10,26H2,1H3,(H,29,31,32)/t16-,17?/m1/s1. The zero-order valence-electron chi connectivity index (χ0n) is 18.5. The van der Waals surface area contributed by atoms with Gasteiger partial charge in [0.15, 0.2) is 5.82 Å². The maximum Gasteiger partial charge on any atom is 0.413 e. The Morgan fingerprint density at radius 2 is 2.12 bits per heavy atom. The highest BCUT2D eigenvalue weighted by Gasteiger charge is 2.28. The number of carbonyl (C=O) groups excluding carboxylic acids is 1. The molecule has 1 fully saturated rings. The summed E-state index contributed by atoms with van der Waals surface area (Å²) in [4.78, 5) is 20.7. The Bertz CT molecular complexity index is 1270. The van der Waals surface area contributed by atoms with Crippen LogP contribution in [0.25, 0.3) is 21.9 Å². The van der Waals surface area contributed by atoms with E-state index in [1.165, 1.54) is 6.20 Å². The average molecular weight is 470 g/mol. The minimum Gasteiger partial charge on any atom is -0.474 e. The van der Waals surface area contributed by atoms with Gasteiger partial charge in [-0.25, -0.2) is 23.5 Å². The predicted octanol–water partition coefficient (Wildman–Crippen LogP) is 3.38. The number of alkyl halides is 1. The van der Waals surface area contributed by atoms with Gasteiger partial charge in [0.1, 0.15) is 30.4 Å². The van der Waals surface area contributed by atoms with E-state index in [0.717, 1.165) is 5.56 Å². The molecule has 1 aromatic carbocycles. The van der Waals surface area contributed by atoms with Gasteiger partial charge >= 0.3 is 6.09 Å². The number of hydrogen-bond acceptors (Lipinski definition) is 8. The molecular weight excluding hydrogens is 446 g/mol. The lowest BCUT2D eigenvalue weighted by Gasteiger charge is -2.26.